The molecule has 0 amide bonds. The van der Waals surface area contributed by atoms with Crippen LogP contribution in [0.4, 0.5) is 0 Å². The minimum atomic E-state index is -3.57. The average molecular weight is 282 g/mol. The molecule has 18 heavy (non-hydrogen) atoms. The van der Waals surface area contributed by atoms with E-state index in [1.54, 1.807) is 0 Å². The molecule has 9 heteroatoms. The minimum Gasteiger partial charge on any atom is -0.480 e. The predicted molar refractivity (Wildman–Crippen MR) is 68.3 cm³/mol. The highest BCUT2D eigenvalue weighted by Gasteiger charge is 2.18. The molecule has 0 unspecified atom stereocenters. The Bertz CT molecular complexity index is 358. The van der Waals surface area contributed by atoms with Gasteiger partial charge in [-0.2, -0.15) is 12.7 Å². The molecule has 0 saturated carbocycles. The molecule has 0 fully saturated rings. The topological polar surface area (TPSA) is 116 Å². The van der Waals surface area contributed by atoms with Gasteiger partial charge in [0.2, 0.25) is 0 Å². The summed E-state index contributed by atoms with van der Waals surface area (Å²) < 4.78 is 26.9. The number of hydrogen-bond donors (Lipinski definition) is 3. The Kier molecular flexibility index (Phi) is 7.33. The van der Waals surface area contributed by atoms with Crippen LogP contribution < -0.4 is 10.5 Å². The van der Waals surface area contributed by atoms with E-state index in [4.69, 9.17) is 10.8 Å². The predicted octanol–water partition coefficient (Wildman–Crippen LogP) is -1.88. The van der Waals surface area contributed by atoms with Crippen molar-refractivity contribution in [2.24, 2.45) is 5.73 Å². The molecule has 8 nitrogen and oxygen atoms in total. The molecule has 0 heterocycles. The third-order valence-corrected chi connectivity index (χ3v) is 3.90. The lowest BCUT2D eigenvalue weighted by Gasteiger charge is -2.20. The first-order valence-corrected chi connectivity index (χ1v) is 6.95. The van der Waals surface area contributed by atoms with Gasteiger partial charge in [-0.3, -0.25) is 4.79 Å². The second-order valence-corrected chi connectivity index (χ2v) is 6.12. The van der Waals surface area contributed by atoms with Crippen LogP contribution in [-0.4, -0.2) is 75.5 Å². The van der Waals surface area contributed by atoms with E-state index in [1.165, 1.54) is 11.4 Å². The first-order valence-electron chi connectivity index (χ1n) is 5.51. The fourth-order valence-corrected chi connectivity index (χ4v) is 1.96. The second-order valence-electron chi connectivity index (χ2n) is 4.26. The number of rotatable bonds is 9. The highest BCUT2D eigenvalue weighted by Crippen LogP contribution is 1.95. The van der Waals surface area contributed by atoms with Crippen molar-refractivity contribution in [3.63, 3.8) is 0 Å². The van der Waals surface area contributed by atoms with E-state index >= 15 is 0 Å². The highest BCUT2D eigenvalue weighted by molar-refractivity contribution is 7.87. The third kappa shape index (κ3) is 6.87. The first kappa shape index (κ1) is 17.3. The lowest BCUT2D eigenvalue weighted by Crippen LogP contribution is -2.43. The fourth-order valence-electron chi connectivity index (χ4n) is 1.04. The summed E-state index contributed by atoms with van der Waals surface area (Å²) in [6.45, 7) is 0.960. The smallest absolute Gasteiger partial charge is 0.320 e. The SMILES string of the molecule is CN(C)CCN(C)S(=O)(=O)NCC[C@H](N)C(=O)O. The molecule has 0 bridgehead atoms. The Balaban J connectivity index is 4.11. The van der Waals surface area contributed by atoms with Gasteiger partial charge in [-0.25, -0.2) is 4.72 Å². The number of carboxylic acids is 1. The summed E-state index contributed by atoms with van der Waals surface area (Å²) in [5.74, 6) is -1.14. The molecule has 0 aliphatic carbocycles. The van der Waals surface area contributed by atoms with Gasteiger partial charge in [0.25, 0.3) is 10.2 Å². The highest BCUT2D eigenvalue weighted by atomic mass is 32.2. The van der Waals surface area contributed by atoms with Crippen molar-refractivity contribution in [3.8, 4) is 0 Å². The quantitative estimate of drug-likeness (QED) is 0.455. The third-order valence-electron chi connectivity index (χ3n) is 2.33. The van der Waals surface area contributed by atoms with E-state index in [-0.39, 0.29) is 13.0 Å². The van der Waals surface area contributed by atoms with Crippen LogP contribution in [0.2, 0.25) is 0 Å². The summed E-state index contributed by atoms with van der Waals surface area (Å²) in [6.07, 6.45) is 0.0517. The summed E-state index contributed by atoms with van der Waals surface area (Å²) in [6, 6.07) is -1.06. The lowest BCUT2D eigenvalue weighted by molar-refractivity contribution is -0.138. The van der Waals surface area contributed by atoms with Crippen LogP contribution in [0.3, 0.4) is 0 Å². The zero-order valence-electron chi connectivity index (χ0n) is 11.0. The van der Waals surface area contributed by atoms with Gasteiger partial charge in [0.05, 0.1) is 0 Å². The van der Waals surface area contributed by atoms with Crippen molar-refractivity contribution in [2.45, 2.75) is 12.5 Å². The summed E-state index contributed by atoms with van der Waals surface area (Å²) >= 11 is 0. The number of hydrogen-bond acceptors (Lipinski definition) is 5. The van der Waals surface area contributed by atoms with Crippen LogP contribution in [0.25, 0.3) is 0 Å². The molecule has 4 N–H and O–H groups in total. The summed E-state index contributed by atoms with van der Waals surface area (Å²) in [4.78, 5) is 12.3. The zero-order valence-corrected chi connectivity index (χ0v) is 11.8. The summed E-state index contributed by atoms with van der Waals surface area (Å²) in [5, 5.41) is 8.55. The summed E-state index contributed by atoms with van der Waals surface area (Å²) in [7, 11) is 1.59. The van der Waals surface area contributed by atoms with E-state index in [0.717, 1.165) is 0 Å². The fraction of sp³-hybridized carbons (Fsp3) is 0.889. The van der Waals surface area contributed by atoms with Gasteiger partial charge in [0.15, 0.2) is 0 Å². The summed E-state index contributed by atoms with van der Waals surface area (Å²) in [5.41, 5.74) is 5.27. The standard InChI is InChI=1S/C9H22N4O4S/c1-12(2)6-7-13(3)18(16,17)11-5-4-8(10)9(14)15/h8,11H,4-7,10H2,1-3H3,(H,14,15)/t8-/m0/s1. The van der Waals surface area contributed by atoms with Gasteiger partial charge in [0.1, 0.15) is 6.04 Å². The van der Waals surface area contributed by atoms with Gasteiger partial charge in [0, 0.05) is 26.7 Å². The van der Waals surface area contributed by atoms with Crippen molar-refractivity contribution in [3.05, 3.63) is 0 Å². The molecule has 0 rings (SSSR count). The number of aliphatic carboxylic acids is 1. The molecular weight excluding hydrogens is 260 g/mol. The van der Waals surface area contributed by atoms with E-state index in [0.29, 0.717) is 13.1 Å². The van der Waals surface area contributed by atoms with Crippen molar-refractivity contribution < 1.29 is 18.3 Å². The zero-order chi connectivity index (χ0) is 14.3. The molecule has 0 saturated heterocycles. The largest absolute Gasteiger partial charge is 0.480 e. The molecule has 0 spiro atoms. The van der Waals surface area contributed by atoms with Crippen LogP contribution in [-0.2, 0) is 15.0 Å². The first-order chi connectivity index (χ1) is 8.16. The van der Waals surface area contributed by atoms with E-state index in [1.807, 2.05) is 19.0 Å². The molecule has 0 aliphatic heterocycles. The molecule has 0 aromatic carbocycles. The number of nitrogens with zero attached hydrogens (tertiary/aromatic N) is 2. The molecule has 0 aromatic rings. The van der Waals surface area contributed by atoms with Crippen LogP contribution in [0, 0.1) is 0 Å². The number of likely N-dealkylation sites (N-methyl/N-ethyl adjacent to an activating group) is 2. The molecule has 0 aliphatic rings. The monoisotopic (exact) mass is 282 g/mol. The average Bonchev–Trinajstić information content (AvgIpc) is 2.24. The van der Waals surface area contributed by atoms with Gasteiger partial charge >= 0.3 is 5.97 Å². The van der Waals surface area contributed by atoms with Gasteiger partial charge < -0.3 is 15.7 Å². The van der Waals surface area contributed by atoms with Gasteiger partial charge in [-0.05, 0) is 20.5 Å². The van der Waals surface area contributed by atoms with E-state index in [2.05, 4.69) is 4.72 Å². The normalized spacial score (nSPS) is 14.1. The Morgan fingerprint density at radius 1 is 1.33 bits per heavy atom. The number of carbonyl (C=O) groups is 1. The van der Waals surface area contributed by atoms with Crippen LogP contribution in [0.5, 0.6) is 0 Å². The molecule has 0 aromatic heterocycles. The number of nitrogens with one attached hydrogen (secondary N) is 1. The van der Waals surface area contributed by atoms with Crippen LogP contribution in [0.1, 0.15) is 6.42 Å². The Morgan fingerprint density at radius 3 is 2.33 bits per heavy atom. The van der Waals surface area contributed by atoms with Crippen LogP contribution in [0.15, 0.2) is 0 Å². The molecule has 0 radical (unpaired) electrons. The Morgan fingerprint density at radius 2 is 1.89 bits per heavy atom. The molecule has 1 atom stereocenters. The Hall–Kier alpha value is -0.740. The molecular formula is C9H22N4O4S. The van der Waals surface area contributed by atoms with Crippen molar-refractivity contribution in [1.82, 2.24) is 13.9 Å². The minimum absolute atomic E-state index is 0.00209. The van der Waals surface area contributed by atoms with Crippen molar-refractivity contribution in [2.75, 3.05) is 40.8 Å². The van der Waals surface area contributed by atoms with Crippen molar-refractivity contribution in [1.29, 1.82) is 0 Å². The maximum atomic E-state index is 11.7. The van der Waals surface area contributed by atoms with E-state index < -0.39 is 22.2 Å². The van der Waals surface area contributed by atoms with Crippen LogP contribution >= 0.6 is 0 Å². The van der Waals surface area contributed by atoms with Crippen molar-refractivity contribution >= 4 is 16.2 Å². The number of carboxylic acid groups (broad SMARTS) is 1. The maximum Gasteiger partial charge on any atom is 0.320 e. The van der Waals surface area contributed by atoms with E-state index in [9.17, 15) is 13.2 Å². The maximum absolute atomic E-state index is 11.7. The van der Waals surface area contributed by atoms with Gasteiger partial charge in [-0.15, -0.1) is 0 Å². The lowest BCUT2D eigenvalue weighted by atomic mass is 10.2. The second kappa shape index (κ2) is 7.64. The Labute approximate surface area is 108 Å². The van der Waals surface area contributed by atoms with Gasteiger partial charge in [-0.1, -0.05) is 0 Å². The molecule has 108 valence electrons. The number of nitrogens with two attached hydrogens (primary N) is 1.